The van der Waals surface area contributed by atoms with Crippen LogP contribution in [0.3, 0.4) is 0 Å². The number of aliphatic hydroxyl groups excluding tert-OH is 1. The van der Waals surface area contributed by atoms with Crippen LogP contribution in [0.5, 0.6) is 0 Å². The lowest BCUT2D eigenvalue weighted by molar-refractivity contribution is -0.122. The van der Waals surface area contributed by atoms with Gasteiger partial charge in [-0.25, -0.2) is 4.79 Å². The summed E-state index contributed by atoms with van der Waals surface area (Å²) in [6.07, 6.45) is 1.89. The molecule has 3 N–H and O–H groups in total. The number of aromatic nitrogens is 2. The van der Waals surface area contributed by atoms with Gasteiger partial charge in [0.2, 0.25) is 5.91 Å². The number of carbonyl (C=O) groups is 2. The smallest absolute Gasteiger partial charge is 0.317 e. The zero-order valence-electron chi connectivity index (χ0n) is 14.8. The highest BCUT2D eigenvalue weighted by Gasteiger charge is 2.49. The van der Waals surface area contributed by atoms with Gasteiger partial charge < -0.3 is 25.2 Å². The van der Waals surface area contributed by atoms with Gasteiger partial charge in [-0.3, -0.25) is 4.79 Å². The second-order valence-corrected chi connectivity index (χ2v) is 6.85. The van der Waals surface area contributed by atoms with Crippen LogP contribution in [0.2, 0.25) is 0 Å². The number of benzene rings is 1. The molecule has 1 atom stereocenters. The Balaban J connectivity index is 1.39. The first-order valence-electron chi connectivity index (χ1n) is 8.98. The number of nitrogens with one attached hydrogen (secondary N) is 2. The minimum Gasteiger partial charge on any atom is -0.387 e. The van der Waals surface area contributed by atoms with E-state index in [0.29, 0.717) is 31.9 Å². The van der Waals surface area contributed by atoms with E-state index in [2.05, 4.69) is 20.8 Å². The molecule has 1 aromatic heterocycles. The van der Waals surface area contributed by atoms with Gasteiger partial charge in [0, 0.05) is 31.7 Å². The van der Waals surface area contributed by atoms with E-state index in [-0.39, 0.29) is 24.4 Å². The van der Waals surface area contributed by atoms with Gasteiger partial charge in [-0.15, -0.1) is 0 Å². The number of aliphatic hydroxyl groups is 1. The normalized spacial score (nSPS) is 21.2. The Hall–Kier alpha value is -2.94. The Morgan fingerprint density at radius 3 is 3.07 bits per heavy atom. The van der Waals surface area contributed by atoms with Gasteiger partial charge in [0.25, 0.3) is 5.89 Å². The number of rotatable bonds is 4. The second-order valence-electron chi connectivity index (χ2n) is 6.85. The molecule has 0 radical (unpaired) electrons. The van der Waals surface area contributed by atoms with Gasteiger partial charge in [0.1, 0.15) is 6.61 Å². The van der Waals surface area contributed by atoms with Gasteiger partial charge in [-0.1, -0.05) is 23.4 Å². The molecule has 1 saturated heterocycles. The van der Waals surface area contributed by atoms with Crippen LogP contribution in [0, 0.1) is 0 Å². The van der Waals surface area contributed by atoms with Gasteiger partial charge in [-0.05, 0) is 24.5 Å². The number of nitrogens with zero attached hydrogens (tertiary/aromatic N) is 3. The fourth-order valence-corrected chi connectivity index (χ4v) is 3.86. The number of anilines is 1. The van der Waals surface area contributed by atoms with Gasteiger partial charge in [0.15, 0.2) is 5.82 Å². The fraction of sp³-hybridized carbons (Fsp3) is 0.444. The van der Waals surface area contributed by atoms with Crippen LogP contribution in [0.25, 0.3) is 0 Å². The van der Waals surface area contributed by atoms with Gasteiger partial charge in [-0.2, -0.15) is 4.98 Å². The SMILES string of the molecule is O=C(NCCc1noc(CO)n1)N1CCC[C@@]2(C1)C(=O)Nc1ccccc12. The molecule has 0 aliphatic carbocycles. The number of amides is 3. The van der Waals surface area contributed by atoms with E-state index in [4.69, 9.17) is 9.63 Å². The summed E-state index contributed by atoms with van der Waals surface area (Å²) in [5, 5.41) is 18.4. The van der Waals surface area contributed by atoms with E-state index < -0.39 is 5.41 Å². The van der Waals surface area contributed by atoms with Crippen molar-refractivity contribution in [3.63, 3.8) is 0 Å². The molecule has 2 aliphatic heterocycles. The van der Waals surface area contributed by atoms with Gasteiger partial charge >= 0.3 is 6.03 Å². The van der Waals surface area contributed by atoms with Crippen molar-refractivity contribution in [2.75, 3.05) is 25.0 Å². The average molecular weight is 371 g/mol. The molecule has 0 unspecified atom stereocenters. The molecule has 1 aromatic carbocycles. The molecule has 0 saturated carbocycles. The number of hydrogen-bond acceptors (Lipinski definition) is 6. The number of hydrogen-bond donors (Lipinski definition) is 3. The lowest BCUT2D eigenvalue weighted by Gasteiger charge is -2.39. The maximum atomic E-state index is 12.7. The molecule has 4 rings (SSSR count). The summed E-state index contributed by atoms with van der Waals surface area (Å²) in [7, 11) is 0. The highest BCUT2D eigenvalue weighted by atomic mass is 16.5. The van der Waals surface area contributed by atoms with Crippen LogP contribution >= 0.6 is 0 Å². The zero-order chi connectivity index (χ0) is 18.9. The third kappa shape index (κ3) is 3.14. The highest BCUT2D eigenvalue weighted by Crippen LogP contribution is 2.43. The molecule has 27 heavy (non-hydrogen) atoms. The standard InChI is InChI=1S/C18H21N5O4/c24-10-15-21-14(22-27-15)6-8-19-17(26)23-9-3-7-18(11-23)12-4-1-2-5-13(12)20-16(18)25/h1-2,4-5,24H,3,6-11H2,(H,19,26)(H,20,25)/t18-/m0/s1. The first kappa shape index (κ1) is 17.5. The van der Waals surface area contributed by atoms with E-state index in [1.807, 2.05) is 24.3 Å². The summed E-state index contributed by atoms with van der Waals surface area (Å²) < 4.78 is 4.82. The van der Waals surface area contributed by atoms with Crippen LogP contribution in [0.1, 0.15) is 30.1 Å². The van der Waals surface area contributed by atoms with E-state index >= 15 is 0 Å². The molecule has 1 fully saturated rings. The van der Waals surface area contributed by atoms with E-state index in [0.717, 1.165) is 24.1 Å². The van der Waals surface area contributed by atoms with Crippen LogP contribution in [-0.2, 0) is 23.2 Å². The van der Waals surface area contributed by atoms with E-state index in [1.54, 1.807) is 4.90 Å². The highest BCUT2D eigenvalue weighted by molar-refractivity contribution is 6.06. The van der Waals surface area contributed by atoms with Crippen molar-refractivity contribution in [3.8, 4) is 0 Å². The van der Waals surface area contributed by atoms with Crippen molar-refractivity contribution in [1.82, 2.24) is 20.4 Å². The maximum Gasteiger partial charge on any atom is 0.317 e. The topological polar surface area (TPSA) is 121 Å². The van der Waals surface area contributed by atoms with E-state index in [1.165, 1.54) is 0 Å². The molecule has 3 heterocycles. The summed E-state index contributed by atoms with van der Waals surface area (Å²) in [6, 6.07) is 7.46. The molecular formula is C18H21N5O4. The van der Waals surface area contributed by atoms with Crippen LogP contribution in [0.4, 0.5) is 10.5 Å². The molecular weight excluding hydrogens is 350 g/mol. The van der Waals surface area contributed by atoms with Crippen LogP contribution < -0.4 is 10.6 Å². The number of urea groups is 1. The third-order valence-corrected chi connectivity index (χ3v) is 5.18. The molecule has 3 amide bonds. The molecule has 0 bridgehead atoms. The molecule has 142 valence electrons. The lowest BCUT2D eigenvalue weighted by Crippen LogP contribution is -2.54. The van der Waals surface area contributed by atoms with E-state index in [9.17, 15) is 9.59 Å². The third-order valence-electron chi connectivity index (χ3n) is 5.18. The molecule has 2 aliphatic rings. The molecule has 1 spiro atoms. The molecule has 9 nitrogen and oxygen atoms in total. The first-order chi connectivity index (χ1) is 13.1. The van der Waals surface area contributed by atoms with Gasteiger partial charge in [0.05, 0.1) is 5.41 Å². The first-order valence-corrected chi connectivity index (χ1v) is 8.98. The Labute approximate surface area is 155 Å². The Morgan fingerprint density at radius 1 is 1.41 bits per heavy atom. The average Bonchev–Trinajstić information content (AvgIpc) is 3.25. The van der Waals surface area contributed by atoms with Crippen LogP contribution in [0.15, 0.2) is 28.8 Å². The quantitative estimate of drug-likeness (QED) is 0.731. The lowest BCUT2D eigenvalue weighted by atomic mass is 9.75. The monoisotopic (exact) mass is 371 g/mol. The minimum atomic E-state index is -0.671. The van der Waals surface area contributed by atoms with Crippen molar-refractivity contribution in [2.24, 2.45) is 0 Å². The van der Waals surface area contributed by atoms with Crippen LogP contribution in [-0.4, -0.2) is 51.7 Å². The van der Waals surface area contributed by atoms with Crippen molar-refractivity contribution in [2.45, 2.75) is 31.3 Å². The summed E-state index contributed by atoms with van der Waals surface area (Å²) in [6.45, 7) is 1.01. The largest absolute Gasteiger partial charge is 0.387 e. The minimum absolute atomic E-state index is 0.0375. The van der Waals surface area contributed by atoms with Crippen molar-refractivity contribution in [3.05, 3.63) is 41.5 Å². The Morgan fingerprint density at radius 2 is 2.26 bits per heavy atom. The number of piperidine rings is 1. The Bertz CT molecular complexity index is 867. The summed E-state index contributed by atoms with van der Waals surface area (Å²) >= 11 is 0. The summed E-state index contributed by atoms with van der Waals surface area (Å²) in [5.74, 6) is 0.545. The number of fused-ring (bicyclic) bond motifs is 2. The summed E-state index contributed by atoms with van der Waals surface area (Å²) in [5.41, 5.74) is 1.13. The predicted molar refractivity (Wildman–Crippen MR) is 94.9 cm³/mol. The predicted octanol–water partition coefficient (Wildman–Crippen LogP) is 0.800. The zero-order valence-corrected chi connectivity index (χ0v) is 14.8. The summed E-state index contributed by atoms with van der Waals surface area (Å²) in [4.78, 5) is 31.0. The molecule has 2 aromatic rings. The van der Waals surface area contributed by atoms with Crippen molar-refractivity contribution < 1.29 is 19.2 Å². The second kappa shape index (κ2) is 6.99. The molecule has 9 heteroatoms. The Kier molecular flexibility index (Phi) is 4.53. The number of para-hydroxylation sites is 1. The maximum absolute atomic E-state index is 12.7. The fourth-order valence-electron chi connectivity index (χ4n) is 3.86. The number of likely N-dealkylation sites (tertiary alicyclic amines) is 1. The van der Waals surface area contributed by atoms with Crippen molar-refractivity contribution in [1.29, 1.82) is 0 Å². The van der Waals surface area contributed by atoms with Crippen molar-refractivity contribution >= 4 is 17.6 Å². The number of carbonyl (C=O) groups excluding carboxylic acids is 2.